The number of ether oxygens (including phenoxy) is 1. The summed E-state index contributed by atoms with van der Waals surface area (Å²) in [5, 5.41) is 0. The molecule has 2 rings (SSSR count). The molecule has 1 heterocycles. The number of benzene rings is 1. The molecular formula is C17H28N2O. The SMILES string of the molecule is CC1(C)CN(CCc2ccccc2CN)CC(C)(C)O1. The van der Waals surface area contributed by atoms with Gasteiger partial charge in [0.25, 0.3) is 0 Å². The van der Waals surface area contributed by atoms with Crippen molar-refractivity contribution >= 4 is 0 Å². The minimum absolute atomic E-state index is 0.0743. The zero-order chi connectivity index (χ0) is 14.8. The molecule has 0 bridgehead atoms. The summed E-state index contributed by atoms with van der Waals surface area (Å²) in [6.07, 6.45) is 1.06. The summed E-state index contributed by atoms with van der Waals surface area (Å²) in [7, 11) is 0. The van der Waals surface area contributed by atoms with E-state index in [2.05, 4.69) is 56.9 Å². The highest BCUT2D eigenvalue weighted by atomic mass is 16.5. The predicted molar refractivity (Wildman–Crippen MR) is 83.7 cm³/mol. The molecular weight excluding hydrogens is 248 g/mol. The van der Waals surface area contributed by atoms with Crippen molar-refractivity contribution in [3.05, 3.63) is 35.4 Å². The molecule has 1 fully saturated rings. The number of hydrogen-bond donors (Lipinski definition) is 1. The molecule has 1 saturated heterocycles. The van der Waals surface area contributed by atoms with Gasteiger partial charge < -0.3 is 10.5 Å². The molecule has 0 unspecified atom stereocenters. The maximum Gasteiger partial charge on any atom is 0.0760 e. The van der Waals surface area contributed by atoms with Gasteiger partial charge in [0, 0.05) is 26.2 Å². The second-order valence-corrected chi connectivity index (χ2v) is 7.05. The summed E-state index contributed by atoms with van der Waals surface area (Å²) >= 11 is 0. The van der Waals surface area contributed by atoms with Gasteiger partial charge in [-0.3, -0.25) is 4.90 Å². The lowest BCUT2D eigenvalue weighted by Crippen LogP contribution is -2.57. The highest BCUT2D eigenvalue weighted by molar-refractivity contribution is 5.27. The second-order valence-electron chi connectivity index (χ2n) is 7.05. The second kappa shape index (κ2) is 5.84. The Kier molecular flexibility index (Phi) is 4.52. The van der Waals surface area contributed by atoms with E-state index in [9.17, 15) is 0 Å². The molecule has 0 aliphatic carbocycles. The van der Waals surface area contributed by atoms with Crippen LogP contribution in [0.5, 0.6) is 0 Å². The minimum Gasteiger partial charge on any atom is -0.367 e. The van der Waals surface area contributed by atoms with Crippen LogP contribution in [0.15, 0.2) is 24.3 Å². The van der Waals surface area contributed by atoms with Crippen LogP contribution in [0.1, 0.15) is 38.8 Å². The summed E-state index contributed by atoms with van der Waals surface area (Å²) in [4.78, 5) is 2.51. The Hall–Kier alpha value is -0.900. The predicted octanol–water partition coefficient (Wildman–Crippen LogP) is 2.58. The van der Waals surface area contributed by atoms with Crippen LogP contribution in [0.3, 0.4) is 0 Å². The Morgan fingerprint density at radius 3 is 2.15 bits per heavy atom. The first kappa shape index (κ1) is 15.5. The van der Waals surface area contributed by atoms with E-state index in [4.69, 9.17) is 10.5 Å². The quantitative estimate of drug-likeness (QED) is 0.918. The first-order valence-corrected chi connectivity index (χ1v) is 7.51. The van der Waals surface area contributed by atoms with Crippen LogP contribution in [0, 0.1) is 0 Å². The molecule has 1 aliphatic heterocycles. The summed E-state index contributed by atoms with van der Waals surface area (Å²) < 4.78 is 6.13. The Bertz CT molecular complexity index is 438. The van der Waals surface area contributed by atoms with Crippen molar-refractivity contribution in [2.75, 3.05) is 19.6 Å². The van der Waals surface area contributed by atoms with E-state index in [1.54, 1.807) is 0 Å². The summed E-state index contributed by atoms with van der Waals surface area (Å²) in [6, 6.07) is 8.48. The van der Waals surface area contributed by atoms with Gasteiger partial charge in [0.15, 0.2) is 0 Å². The Morgan fingerprint density at radius 1 is 1.05 bits per heavy atom. The molecule has 112 valence electrons. The van der Waals surface area contributed by atoms with Crippen molar-refractivity contribution in [3.8, 4) is 0 Å². The lowest BCUT2D eigenvalue weighted by Gasteiger charge is -2.47. The van der Waals surface area contributed by atoms with Gasteiger partial charge in [0.2, 0.25) is 0 Å². The molecule has 0 atom stereocenters. The van der Waals surface area contributed by atoms with Gasteiger partial charge in [-0.05, 0) is 45.2 Å². The molecule has 2 N–H and O–H groups in total. The number of nitrogens with zero attached hydrogens (tertiary/aromatic N) is 1. The van der Waals surface area contributed by atoms with Gasteiger partial charge in [-0.15, -0.1) is 0 Å². The summed E-state index contributed by atoms with van der Waals surface area (Å²) in [5.41, 5.74) is 8.30. The Morgan fingerprint density at radius 2 is 1.60 bits per heavy atom. The van der Waals surface area contributed by atoms with E-state index >= 15 is 0 Å². The van der Waals surface area contributed by atoms with Crippen molar-refractivity contribution in [1.82, 2.24) is 4.90 Å². The van der Waals surface area contributed by atoms with Crippen molar-refractivity contribution in [2.24, 2.45) is 5.73 Å². The van der Waals surface area contributed by atoms with Crippen LogP contribution < -0.4 is 5.73 Å². The van der Waals surface area contributed by atoms with Crippen molar-refractivity contribution in [2.45, 2.75) is 51.9 Å². The van der Waals surface area contributed by atoms with E-state index in [0.29, 0.717) is 6.54 Å². The first-order valence-electron chi connectivity index (χ1n) is 7.51. The summed E-state index contributed by atoms with van der Waals surface area (Å²) in [6.45, 7) is 12.4. The molecule has 1 aliphatic rings. The molecule has 20 heavy (non-hydrogen) atoms. The fourth-order valence-electron chi connectivity index (χ4n) is 3.38. The van der Waals surface area contributed by atoms with E-state index < -0.39 is 0 Å². The zero-order valence-corrected chi connectivity index (χ0v) is 13.3. The van der Waals surface area contributed by atoms with Crippen molar-refractivity contribution < 1.29 is 4.74 Å². The lowest BCUT2D eigenvalue weighted by atomic mass is 9.98. The number of hydrogen-bond acceptors (Lipinski definition) is 3. The van der Waals surface area contributed by atoms with Crippen molar-refractivity contribution in [3.63, 3.8) is 0 Å². The van der Waals surface area contributed by atoms with Gasteiger partial charge in [0.05, 0.1) is 11.2 Å². The van der Waals surface area contributed by atoms with Gasteiger partial charge in [0.1, 0.15) is 0 Å². The van der Waals surface area contributed by atoms with Gasteiger partial charge >= 0.3 is 0 Å². The molecule has 1 aromatic rings. The summed E-state index contributed by atoms with van der Waals surface area (Å²) in [5.74, 6) is 0. The Labute approximate surface area is 123 Å². The third-order valence-corrected chi connectivity index (χ3v) is 3.80. The van der Waals surface area contributed by atoms with Crippen LogP contribution in [-0.4, -0.2) is 35.7 Å². The molecule has 0 aromatic heterocycles. The maximum atomic E-state index is 6.13. The van der Waals surface area contributed by atoms with Crippen LogP contribution >= 0.6 is 0 Å². The highest BCUT2D eigenvalue weighted by Gasteiger charge is 2.37. The third kappa shape index (κ3) is 4.05. The van der Waals surface area contributed by atoms with Crippen LogP contribution in [-0.2, 0) is 17.7 Å². The fraction of sp³-hybridized carbons (Fsp3) is 0.647. The smallest absolute Gasteiger partial charge is 0.0760 e. The van der Waals surface area contributed by atoms with Crippen LogP contribution in [0.2, 0.25) is 0 Å². The van der Waals surface area contributed by atoms with Gasteiger partial charge in [-0.2, -0.15) is 0 Å². The van der Waals surface area contributed by atoms with E-state index in [-0.39, 0.29) is 11.2 Å². The van der Waals surface area contributed by atoms with E-state index in [1.807, 2.05) is 0 Å². The topological polar surface area (TPSA) is 38.5 Å². The number of rotatable bonds is 4. The largest absolute Gasteiger partial charge is 0.367 e. The van der Waals surface area contributed by atoms with Crippen molar-refractivity contribution in [1.29, 1.82) is 0 Å². The average molecular weight is 276 g/mol. The number of morpholine rings is 1. The molecule has 0 radical (unpaired) electrons. The standard InChI is InChI=1S/C17H28N2O/c1-16(2)12-19(13-17(3,4)20-16)10-9-14-7-5-6-8-15(14)11-18/h5-8H,9-13,18H2,1-4H3. The van der Waals surface area contributed by atoms with E-state index in [1.165, 1.54) is 11.1 Å². The molecule has 0 amide bonds. The molecule has 3 heteroatoms. The average Bonchev–Trinajstić information content (AvgIpc) is 2.33. The van der Waals surface area contributed by atoms with Gasteiger partial charge in [-0.1, -0.05) is 24.3 Å². The Balaban J connectivity index is 2.00. The first-order chi connectivity index (χ1) is 9.31. The monoisotopic (exact) mass is 276 g/mol. The molecule has 3 nitrogen and oxygen atoms in total. The lowest BCUT2D eigenvalue weighted by molar-refractivity contribution is -0.180. The molecule has 0 saturated carbocycles. The minimum atomic E-state index is -0.0743. The molecule has 1 aromatic carbocycles. The maximum absolute atomic E-state index is 6.13. The van der Waals surface area contributed by atoms with Crippen LogP contribution in [0.25, 0.3) is 0 Å². The highest BCUT2D eigenvalue weighted by Crippen LogP contribution is 2.28. The number of nitrogens with two attached hydrogens (primary N) is 1. The van der Waals surface area contributed by atoms with E-state index in [0.717, 1.165) is 26.1 Å². The third-order valence-electron chi connectivity index (χ3n) is 3.80. The molecule has 0 spiro atoms. The van der Waals surface area contributed by atoms with Gasteiger partial charge in [-0.25, -0.2) is 0 Å². The normalized spacial score (nSPS) is 21.9. The van der Waals surface area contributed by atoms with Crippen LogP contribution in [0.4, 0.5) is 0 Å². The fourth-order valence-corrected chi connectivity index (χ4v) is 3.38. The zero-order valence-electron chi connectivity index (χ0n) is 13.3.